The first-order valence-corrected chi connectivity index (χ1v) is 27.0. The van der Waals surface area contributed by atoms with Gasteiger partial charge in [0.2, 0.25) is 0 Å². The molecule has 0 spiro atoms. The van der Waals surface area contributed by atoms with Crippen molar-refractivity contribution in [3.05, 3.63) is 249 Å². The minimum absolute atomic E-state index is 0.632. The van der Waals surface area contributed by atoms with E-state index >= 15 is 0 Å². The molecule has 0 amide bonds. The van der Waals surface area contributed by atoms with Crippen LogP contribution >= 0.6 is 11.6 Å². The normalized spacial score (nSPS) is 11.2. The number of anilines is 4. The van der Waals surface area contributed by atoms with Gasteiger partial charge in [-0.2, -0.15) is 0 Å². The number of fused-ring (bicyclic) bond motifs is 6. The van der Waals surface area contributed by atoms with Crippen LogP contribution in [0.5, 0.6) is 0 Å². The number of hydrogen-bond acceptors (Lipinski definition) is 11. The summed E-state index contributed by atoms with van der Waals surface area (Å²) in [7, 11) is 6.17. The molecule has 9 heterocycles. The van der Waals surface area contributed by atoms with E-state index in [9.17, 15) is 0 Å². The van der Waals surface area contributed by atoms with E-state index in [1.165, 1.54) is 32.7 Å². The molecule has 0 fully saturated rings. The summed E-state index contributed by atoms with van der Waals surface area (Å²) in [6.07, 6.45) is 23.8. The van der Waals surface area contributed by atoms with Crippen molar-refractivity contribution in [3.63, 3.8) is 0 Å². The van der Waals surface area contributed by atoms with Gasteiger partial charge in [0.25, 0.3) is 0 Å². The van der Waals surface area contributed by atoms with Gasteiger partial charge in [0.05, 0.1) is 39.6 Å². The lowest BCUT2D eigenvalue weighted by Gasteiger charge is -2.25. The van der Waals surface area contributed by atoms with Crippen molar-refractivity contribution in [3.8, 4) is 33.4 Å². The van der Waals surface area contributed by atoms with Crippen LogP contribution < -0.4 is 10.2 Å². The Morgan fingerprint density at radius 2 is 0.939 bits per heavy atom. The Labute approximate surface area is 476 Å². The van der Waals surface area contributed by atoms with E-state index in [4.69, 9.17) is 16.6 Å². The Hall–Kier alpha value is -10.7. The molecular weight excluding hydrogens is 1040 g/mol. The Balaban J connectivity index is 0.000000119. The topological polar surface area (TPSA) is 146 Å². The third-order valence-corrected chi connectivity index (χ3v) is 14.7. The van der Waals surface area contributed by atoms with E-state index in [0.717, 1.165) is 95.1 Å². The van der Waals surface area contributed by atoms with Crippen molar-refractivity contribution in [2.24, 2.45) is 21.1 Å². The van der Waals surface area contributed by atoms with Crippen molar-refractivity contribution in [1.82, 2.24) is 58.6 Å². The monoisotopic (exact) mass is 1090 g/mol. The summed E-state index contributed by atoms with van der Waals surface area (Å²) in [4.78, 5) is 42.7. The van der Waals surface area contributed by atoms with Crippen LogP contribution in [0.3, 0.4) is 0 Å². The second-order valence-corrected chi connectivity index (χ2v) is 20.3. The molecule has 0 aliphatic heterocycles. The van der Waals surface area contributed by atoms with Gasteiger partial charge in [-0.15, -0.1) is 0 Å². The first kappa shape index (κ1) is 50.8. The molecule has 0 aliphatic rings. The molecule has 15 heteroatoms. The molecule has 9 aromatic heterocycles. The predicted molar refractivity (Wildman–Crippen MR) is 331 cm³/mol. The summed E-state index contributed by atoms with van der Waals surface area (Å²) < 4.78 is 6.37. The lowest BCUT2D eigenvalue weighted by atomic mass is 10.0. The molecule has 6 aromatic carbocycles. The fourth-order valence-electron chi connectivity index (χ4n) is 10.4. The fraction of sp³-hybridized carbons (Fsp3) is 0.0597. The third kappa shape index (κ3) is 10.4. The second kappa shape index (κ2) is 22.2. The molecule has 0 atom stereocenters. The van der Waals surface area contributed by atoms with Crippen LogP contribution in [0.4, 0.5) is 23.0 Å². The van der Waals surface area contributed by atoms with Gasteiger partial charge in [0.1, 0.15) is 11.6 Å². The zero-order valence-electron chi connectivity index (χ0n) is 44.9. The SMILES string of the molecule is Cn1ccc2ccc(-c3cc(Cl)cc4nccnc34)cc21.Cn1ccc2ccc(-c3cc(N(Cc4cccnc4)c4ccccn4)cc4nccnc34)cc21.Cn1ccc2ccc(-c3cc(Nc4ccccn4)cc4nccnc34)cc21. The number of hydrogen-bond donors (Lipinski definition) is 1. The average Bonchev–Trinajstić information content (AvgIpc) is 4.06. The largest absolute Gasteiger partial charge is 0.351 e. The summed E-state index contributed by atoms with van der Waals surface area (Å²) in [5, 5.41) is 7.69. The number of pyridine rings is 3. The van der Waals surface area contributed by atoms with Crippen molar-refractivity contribution >= 4 is 100 Å². The molecule has 82 heavy (non-hydrogen) atoms. The van der Waals surface area contributed by atoms with E-state index in [-0.39, 0.29) is 0 Å². The number of benzene rings is 6. The Bertz CT molecular complexity index is 4770. The molecule has 0 bridgehead atoms. The quantitative estimate of drug-likeness (QED) is 0.147. The van der Waals surface area contributed by atoms with E-state index in [0.29, 0.717) is 11.6 Å². The number of aromatic nitrogens is 12. The van der Waals surface area contributed by atoms with Gasteiger partial charge in [0, 0.05) is 151 Å². The molecule has 15 aromatic rings. The molecule has 0 radical (unpaired) electrons. The summed E-state index contributed by atoms with van der Waals surface area (Å²) in [6, 6.07) is 53.7. The van der Waals surface area contributed by atoms with Gasteiger partial charge in [-0.1, -0.05) is 66.2 Å². The molecule has 15 rings (SSSR count). The van der Waals surface area contributed by atoms with E-state index < -0.39 is 0 Å². The number of halogens is 1. The minimum atomic E-state index is 0.632. The fourth-order valence-corrected chi connectivity index (χ4v) is 10.6. The summed E-state index contributed by atoms with van der Waals surface area (Å²) in [5.74, 6) is 1.66. The lowest BCUT2D eigenvalue weighted by molar-refractivity contribution is 0.939. The second-order valence-electron chi connectivity index (χ2n) is 19.8. The van der Waals surface area contributed by atoms with Crippen LogP contribution in [-0.4, -0.2) is 58.6 Å². The zero-order valence-corrected chi connectivity index (χ0v) is 45.7. The molecule has 0 saturated heterocycles. The summed E-state index contributed by atoms with van der Waals surface area (Å²) in [5.41, 5.74) is 18.1. The molecule has 0 saturated carbocycles. The van der Waals surface area contributed by atoms with Crippen LogP contribution in [-0.2, 0) is 27.7 Å². The number of rotatable bonds is 9. The molecule has 0 aliphatic carbocycles. The van der Waals surface area contributed by atoms with Crippen molar-refractivity contribution < 1.29 is 0 Å². The third-order valence-electron chi connectivity index (χ3n) is 14.5. The Morgan fingerprint density at radius 1 is 0.427 bits per heavy atom. The molecule has 396 valence electrons. The highest BCUT2D eigenvalue weighted by molar-refractivity contribution is 6.31. The van der Waals surface area contributed by atoms with Crippen LogP contribution in [0.25, 0.3) is 99.2 Å². The molecule has 0 unspecified atom stereocenters. The highest BCUT2D eigenvalue weighted by Crippen LogP contribution is 2.38. The zero-order chi connectivity index (χ0) is 55.5. The van der Waals surface area contributed by atoms with Crippen molar-refractivity contribution in [2.75, 3.05) is 10.2 Å². The molecular formula is C67H51ClN14. The van der Waals surface area contributed by atoms with E-state index in [2.05, 4.69) is 194 Å². The summed E-state index contributed by atoms with van der Waals surface area (Å²) >= 11 is 6.23. The molecule has 1 N–H and O–H groups in total. The first-order chi connectivity index (χ1) is 40.3. The maximum Gasteiger partial charge on any atom is 0.133 e. The number of nitrogens with one attached hydrogen (secondary N) is 1. The van der Waals surface area contributed by atoms with Gasteiger partial charge in [-0.3, -0.25) is 34.9 Å². The maximum atomic E-state index is 6.23. The van der Waals surface area contributed by atoms with Crippen LogP contribution in [0.2, 0.25) is 5.02 Å². The van der Waals surface area contributed by atoms with Gasteiger partial charge in [-0.05, 0) is 142 Å². The first-order valence-electron chi connectivity index (χ1n) is 26.6. The van der Waals surface area contributed by atoms with Crippen LogP contribution in [0.15, 0.2) is 238 Å². The summed E-state index contributed by atoms with van der Waals surface area (Å²) in [6.45, 7) is 0.632. The average molecular weight is 1090 g/mol. The standard InChI is InChI=1S/C28H22N6.C22H17N5.C17H12ClN3/c1-33-14-9-21-7-8-22(15-26(21)33)24-16-23(17-25-28(24)32-13-12-30-25)34(27-6-2-3-11-31-27)19-20-5-4-10-29-18-20;1-27-11-7-15-5-6-16(12-20(15)27)18-13-17(26-21-4-2-3-8-24-21)14-19-22(18)25-10-9-23-19;1-21-7-4-11-2-3-12(8-16(11)21)14-9-13(18)10-15-17(14)20-6-5-19-15/h2-18H,19H2,1H3;2-14H,1H3,(H,24,26);2-10H,1H3. The lowest BCUT2D eigenvalue weighted by Crippen LogP contribution is -2.18. The van der Waals surface area contributed by atoms with Crippen molar-refractivity contribution in [2.45, 2.75) is 6.54 Å². The molecule has 14 nitrogen and oxygen atoms in total. The van der Waals surface area contributed by atoms with Gasteiger partial charge < -0.3 is 23.9 Å². The minimum Gasteiger partial charge on any atom is -0.351 e. The highest BCUT2D eigenvalue weighted by atomic mass is 35.5. The Kier molecular flexibility index (Phi) is 13.8. The van der Waals surface area contributed by atoms with E-state index in [1.807, 2.05) is 80.1 Å². The predicted octanol–water partition coefficient (Wildman–Crippen LogP) is 15.3. The number of aryl methyl sites for hydroxylation is 3. The van der Waals surface area contributed by atoms with Gasteiger partial charge >= 0.3 is 0 Å². The number of nitrogens with zero attached hydrogens (tertiary/aromatic N) is 13. The van der Waals surface area contributed by atoms with Crippen LogP contribution in [0, 0.1) is 0 Å². The maximum absolute atomic E-state index is 6.23. The van der Waals surface area contributed by atoms with Gasteiger partial charge in [-0.25, -0.2) is 9.97 Å². The Morgan fingerprint density at radius 3 is 1.46 bits per heavy atom. The van der Waals surface area contributed by atoms with Crippen molar-refractivity contribution in [1.29, 1.82) is 0 Å². The smallest absolute Gasteiger partial charge is 0.133 e. The van der Waals surface area contributed by atoms with E-state index in [1.54, 1.807) is 49.6 Å². The van der Waals surface area contributed by atoms with Gasteiger partial charge in [0.15, 0.2) is 0 Å². The van der Waals surface area contributed by atoms with Crippen LogP contribution in [0.1, 0.15) is 5.56 Å². The highest BCUT2D eigenvalue weighted by Gasteiger charge is 2.18.